The molecule has 1 aliphatic heterocycles. The summed E-state index contributed by atoms with van der Waals surface area (Å²) in [6.45, 7) is 5.99. The first-order valence-corrected chi connectivity index (χ1v) is 7.38. The first-order valence-electron chi connectivity index (χ1n) is 7.00. The van der Waals surface area contributed by atoms with E-state index in [1.807, 2.05) is 17.9 Å². The number of rotatable bonds is 3. The van der Waals surface area contributed by atoms with Crippen molar-refractivity contribution in [1.29, 1.82) is 0 Å². The van der Waals surface area contributed by atoms with Crippen molar-refractivity contribution in [3.63, 3.8) is 0 Å². The van der Waals surface area contributed by atoms with Crippen LogP contribution in [-0.2, 0) is 0 Å². The lowest BCUT2D eigenvalue weighted by molar-refractivity contribution is 0.0760. The summed E-state index contributed by atoms with van der Waals surface area (Å²) in [4.78, 5) is 16.6. The zero-order chi connectivity index (χ0) is 14.5. The smallest absolute Gasteiger partial charge is 0.253 e. The molecular weight excluding hydrogens is 276 g/mol. The Labute approximate surface area is 124 Å². The summed E-state index contributed by atoms with van der Waals surface area (Å²) in [6.07, 6.45) is 0.943. The summed E-state index contributed by atoms with van der Waals surface area (Å²) in [5.41, 5.74) is 1.62. The largest absolute Gasteiger partial charge is 0.395 e. The van der Waals surface area contributed by atoms with Crippen LogP contribution in [0.1, 0.15) is 22.3 Å². The van der Waals surface area contributed by atoms with Crippen LogP contribution in [0, 0.1) is 6.92 Å². The molecule has 0 saturated carbocycles. The highest BCUT2D eigenvalue weighted by molar-refractivity contribution is 6.31. The summed E-state index contributed by atoms with van der Waals surface area (Å²) < 4.78 is 0. The SMILES string of the molecule is Cc1cc(C(=O)N2CCCN(CCO)CC2)ccc1Cl. The third-order valence-electron chi connectivity index (χ3n) is 3.70. The Morgan fingerprint density at radius 3 is 2.80 bits per heavy atom. The summed E-state index contributed by atoms with van der Waals surface area (Å²) >= 11 is 6.00. The van der Waals surface area contributed by atoms with Crippen LogP contribution in [0.2, 0.25) is 5.02 Å². The van der Waals surface area contributed by atoms with Gasteiger partial charge in [-0.3, -0.25) is 9.69 Å². The zero-order valence-electron chi connectivity index (χ0n) is 11.8. The molecule has 1 fully saturated rings. The number of nitrogens with zero attached hydrogens (tertiary/aromatic N) is 2. The van der Waals surface area contributed by atoms with Gasteiger partial charge >= 0.3 is 0 Å². The monoisotopic (exact) mass is 296 g/mol. The van der Waals surface area contributed by atoms with E-state index in [4.69, 9.17) is 16.7 Å². The van der Waals surface area contributed by atoms with Crippen molar-refractivity contribution < 1.29 is 9.90 Å². The van der Waals surface area contributed by atoms with Gasteiger partial charge in [-0.15, -0.1) is 0 Å². The summed E-state index contributed by atoms with van der Waals surface area (Å²) in [5, 5.41) is 9.67. The molecule has 0 aliphatic carbocycles. The number of carbonyl (C=O) groups excluding carboxylic acids is 1. The number of β-amino-alcohol motifs (C(OH)–C–C–N with tert-alkyl or cyclic N) is 1. The molecule has 0 radical (unpaired) electrons. The van der Waals surface area contributed by atoms with Crippen molar-refractivity contribution in [2.24, 2.45) is 0 Å². The molecule has 20 heavy (non-hydrogen) atoms. The molecule has 2 rings (SSSR count). The fourth-order valence-electron chi connectivity index (χ4n) is 2.50. The quantitative estimate of drug-likeness (QED) is 0.925. The number of aliphatic hydroxyl groups is 1. The second-order valence-corrected chi connectivity index (χ2v) is 5.58. The molecule has 4 nitrogen and oxygen atoms in total. The fraction of sp³-hybridized carbons (Fsp3) is 0.533. The summed E-state index contributed by atoms with van der Waals surface area (Å²) in [6, 6.07) is 5.41. The Balaban J connectivity index is 2.03. The highest BCUT2D eigenvalue weighted by Crippen LogP contribution is 2.18. The van der Waals surface area contributed by atoms with Gasteiger partial charge in [-0.05, 0) is 43.7 Å². The maximum atomic E-state index is 12.5. The van der Waals surface area contributed by atoms with Crippen LogP contribution in [0.15, 0.2) is 18.2 Å². The van der Waals surface area contributed by atoms with Gasteiger partial charge in [-0.2, -0.15) is 0 Å². The zero-order valence-corrected chi connectivity index (χ0v) is 12.6. The molecule has 1 aromatic carbocycles. The third kappa shape index (κ3) is 3.72. The third-order valence-corrected chi connectivity index (χ3v) is 4.12. The van der Waals surface area contributed by atoms with Gasteiger partial charge < -0.3 is 10.0 Å². The van der Waals surface area contributed by atoms with E-state index in [1.54, 1.807) is 12.1 Å². The Morgan fingerprint density at radius 1 is 1.30 bits per heavy atom. The average Bonchev–Trinajstić information content (AvgIpc) is 2.67. The lowest BCUT2D eigenvalue weighted by Gasteiger charge is -2.21. The van der Waals surface area contributed by atoms with Gasteiger partial charge in [-0.25, -0.2) is 0 Å². The van der Waals surface area contributed by atoms with E-state index in [0.717, 1.165) is 31.6 Å². The fourth-order valence-corrected chi connectivity index (χ4v) is 2.62. The number of hydrogen-bond acceptors (Lipinski definition) is 3. The molecule has 0 bridgehead atoms. The number of aryl methyl sites for hydroxylation is 1. The molecular formula is C15H21ClN2O2. The Hall–Kier alpha value is -1.10. The minimum absolute atomic E-state index is 0.0654. The molecule has 5 heteroatoms. The molecule has 0 atom stereocenters. The minimum Gasteiger partial charge on any atom is -0.395 e. The Kier molecular flexibility index (Phi) is 5.40. The van der Waals surface area contributed by atoms with Crippen molar-refractivity contribution in [3.8, 4) is 0 Å². The minimum atomic E-state index is 0.0654. The van der Waals surface area contributed by atoms with Gasteiger partial charge in [-0.1, -0.05) is 11.6 Å². The van der Waals surface area contributed by atoms with Crippen LogP contribution in [0.5, 0.6) is 0 Å². The van der Waals surface area contributed by atoms with E-state index in [0.29, 0.717) is 23.7 Å². The predicted octanol–water partition coefficient (Wildman–Crippen LogP) is 1.79. The molecule has 0 unspecified atom stereocenters. The van der Waals surface area contributed by atoms with Crippen molar-refractivity contribution >= 4 is 17.5 Å². The van der Waals surface area contributed by atoms with E-state index in [-0.39, 0.29) is 12.5 Å². The standard InChI is InChI=1S/C15H21ClN2O2/c1-12-11-13(3-4-14(12)16)15(20)18-6-2-5-17(7-8-18)9-10-19/h3-4,11,19H,2,5-10H2,1H3. The highest BCUT2D eigenvalue weighted by Gasteiger charge is 2.20. The van der Waals surface area contributed by atoms with Crippen LogP contribution in [0.25, 0.3) is 0 Å². The van der Waals surface area contributed by atoms with Crippen molar-refractivity contribution in [2.75, 3.05) is 39.3 Å². The van der Waals surface area contributed by atoms with E-state index in [2.05, 4.69) is 4.90 Å². The number of carbonyl (C=O) groups is 1. The second-order valence-electron chi connectivity index (χ2n) is 5.17. The van der Waals surface area contributed by atoms with E-state index < -0.39 is 0 Å². The van der Waals surface area contributed by atoms with Crippen molar-refractivity contribution in [2.45, 2.75) is 13.3 Å². The number of halogens is 1. The molecule has 1 N–H and O–H groups in total. The summed E-state index contributed by atoms with van der Waals surface area (Å²) in [7, 11) is 0. The topological polar surface area (TPSA) is 43.8 Å². The average molecular weight is 297 g/mol. The Morgan fingerprint density at radius 2 is 2.10 bits per heavy atom. The first-order chi connectivity index (χ1) is 9.61. The molecule has 1 aromatic rings. The van der Waals surface area contributed by atoms with Gasteiger partial charge in [0.25, 0.3) is 5.91 Å². The molecule has 0 spiro atoms. The van der Waals surface area contributed by atoms with Gasteiger partial charge in [0.1, 0.15) is 0 Å². The second kappa shape index (κ2) is 7.07. The molecule has 110 valence electrons. The van der Waals surface area contributed by atoms with Gasteiger partial charge in [0.05, 0.1) is 6.61 Å². The van der Waals surface area contributed by atoms with E-state index in [9.17, 15) is 4.79 Å². The molecule has 1 aliphatic rings. The Bertz CT molecular complexity index is 479. The number of aliphatic hydroxyl groups excluding tert-OH is 1. The number of amides is 1. The van der Waals surface area contributed by atoms with E-state index >= 15 is 0 Å². The lowest BCUT2D eigenvalue weighted by Crippen LogP contribution is -2.35. The molecule has 1 amide bonds. The van der Waals surface area contributed by atoms with Crippen molar-refractivity contribution in [1.82, 2.24) is 9.80 Å². The van der Waals surface area contributed by atoms with Crippen LogP contribution < -0.4 is 0 Å². The normalized spacial score (nSPS) is 17.1. The molecule has 1 heterocycles. The number of benzene rings is 1. The molecule has 1 saturated heterocycles. The summed E-state index contributed by atoms with van der Waals surface area (Å²) in [5.74, 6) is 0.0654. The predicted molar refractivity (Wildman–Crippen MR) is 80.2 cm³/mol. The van der Waals surface area contributed by atoms with Gasteiger partial charge in [0, 0.05) is 36.8 Å². The first kappa shape index (κ1) is 15.3. The molecule has 0 aromatic heterocycles. The maximum Gasteiger partial charge on any atom is 0.253 e. The van der Waals surface area contributed by atoms with Crippen LogP contribution in [-0.4, -0.2) is 60.1 Å². The maximum absolute atomic E-state index is 12.5. The van der Waals surface area contributed by atoms with Crippen LogP contribution >= 0.6 is 11.6 Å². The van der Waals surface area contributed by atoms with Crippen LogP contribution in [0.4, 0.5) is 0 Å². The van der Waals surface area contributed by atoms with Crippen molar-refractivity contribution in [3.05, 3.63) is 34.3 Å². The van der Waals surface area contributed by atoms with Gasteiger partial charge in [0.2, 0.25) is 0 Å². The lowest BCUT2D eigenvalue weighted by atomic mass is 10.1. The van der Waals surface area contributed by atoms with Crippen LogP contribution in [0.3, 0.4) is 0 Å². The number of hydrogen-bond donors (Lipinski definition) is 1. The van der Waals surface area contributed by atoms with E-state index in [1.165, 1.54) is 0 Å². The van der Waals surface area contributed by atoms with Gasteiger partial charge in [0.15, 0.2) is 0 Å². The highest BCUT2D eigenvalue weighted by atomic mass is 35.5.